The highest BCUT2D eigenvalue weighted by molar-refractivity contribution is 5.39. The fraction of sp³-hybridized carbons (Fsp3) is 0.444. The molecule has 8 nitrogen and oxygen atoms in total. The number of nitriles is 2. The number of rotatable bonds is 5. The zero-order valence-corrected chi connectivity index (χ0v) is 9.51. The Morgan fingerprint density at radius 2 is 1.88 bits per heavy atom. The quantitative estimate of drug-likeness (QED) is 0.694. The summed E-state index contributed by atoms with van der Waals surface area (Å²) in [6, 6.07) is 4.00. The third-order valence-electron chi connectivity index (χ3n) is 1.82. The maximum Gasteiger partial charge on any atom is 0.322 e. The lowest BCUT2D eigenvalue weighted by Gasteiger charge is -2.16. The summed E-state index contributed by atoms with van der Waals surface area (Å²) in [6.45, 7) is 0.0355. The fourth-order valence-corrected chi connectivity index (χ4v) is 1.06. The number of ether oxygens (including phenoxy) is 1. The topological polar surface area (TPSA) is 111 Å². The van der Waals surface area contributed by atoms with Gasteiger partial charge in [-0.1, -0.05) is 0 Å². The Kier molecular flexibility index (Phi) is 4.45. The lowest BCUT2D eigenvalue weighted by molar-refractivity contribution is 0.379. The number of methoxy groups -OCH3 is 1. The molecular formula is C9H11N7O. The maximum atomic E-state index is 8.66. The van der Waals surface area contributed by atoms with E-state index in [1.54, 1.807) is 7.05 Å². The van der Waals surface area contributed by atoms with Crippen molar-refractivity contribution in [3.8, 4) is 18.1 Å². The molecule has 0 aliphatic carbocycles. The molecular weight excluding hydrogens is 222 g/mol. The van der Waals surface area contributed by atoms with Gasteiger partial charge in [0, 0.05) is 7.05 Å². The van der Waals surface area contributed by atoms with E-state index in [4.69, 9.17) is 15.3 Å². The molecule has 0 bridgehead atoms. The van der Waals surface area contributed by atoms with Crippen molar-refractivity contribution in [3.05, 3.63) is 0 Å². The molecule has 8 heteroatoms. The first-order chi connectivity index (χ1) is 8.24. The van der Waals surface area contributed by atoms with Crippen LogP contribution in [0, 0.1) is 22.7 Å². The van der Waals surface area contributed by atoms with Gasteiger partial charge in [0.1, 0.15) is 13.1 Å². The number of nitrogens with one attached hydrogen (secondary N) is 1. The van der Waals surface area contributed by atoms with Crippen molar-refractivity contribution in [2.24, 2.45) is 0 Å². The maximum absolute atomic E-state index is 8.66. The average molecular weight is 233 g/mol. The van der Waals surface area contributed by atoms with Crippen LogP contribution >= 0.6 is 0 Å². The van der Waals surface area contributed by atoms with Crippen LogP contribution in [0.3, 0.4) is 0 Å². The largest absolute Gasteiger partial charge is 0.467 e. The number of anilines is 2. The monoisotopic (exact) mass is 233 g/mol. The van der Waals surface area contributed by atoms with Gasteiger partial charge in [0.2, 0.25) is 11.9 Å². The number of hydrogen-bond acceptors (Lipinski definition) is 8. The van der Waals surface area contributed by atoms with Gasteiger partial charge in [0.05, 0.1) is 19.2 Å². The van der Waals surface area contributed by atoms with Crippen LogP contribution in [0.5, 0.6) is 6.01 Å². The van der Waals surface area contributed by atoms with Crippen LogP contribution in [-0.4, -0.2) is 42.2 Å². The summed E-state index contributed by atoms with van der Waals surface area (Å²) in [6.07, 6.45) is 0. The van der Waals surface area contributed by atoms with Crippen molar-refractivity contribution in [1.29, 1.82) is 10.5 Å². The Morgan fingerprint density at radius 3 is 2.35 bits per heavy atom. The Morgan fingerprint density at radius 1 is 1.24 bits per heavy atom. The highest BCUT2D eigenvalue weighted by Crippen LogP contribution is 2.13. The summed E-state index contributed by atoms with van der Waals surface area (Å²) in [5.74, 6) is 0.539. The Labute approximate surface area is 98.5 Å². The van der Waals surface area contributed by atoms with Gasteiger partial charge < -0.3 is 15.0 Å². The normalized spacial score (nSPS) is 8.94. The molecule has 0 aliphatic rings. The van der Waals surface area contributed by atoms with Gasteiger partial charge in [-0.15, -0.1) is 0 Å². The fourth-order valence-electron chi connectivity index (χ4n) is 1.06. The van der Waals surface area contributed by atoms with Crippen LogP contribution in [0.4, 0.5) is 11.9 Å². The zero-order chi connectivity index (χ0) is 12.7. The van der Waals surface area contributed by atoms with Crippen LogP contribution in [-0.2, 0) is 0 Å². The third kappa shape index (κ3) is 3.18. The van der Waals surface area contributed by atoms with Gasteiger partial charge in [-0.05, 0) is 0 Å². The van der Waals surface area contributed by atoms with E-state index in [0.29, 0.717) is 5.95 Å². The van der Waals surface area contributed by atoms with E-state index in [1.807, 2.05) is 12.1 Å². The van der Waals surface area contributed by atoms with Gasteiger partial charge in [-0.25, -0.2) is 0 Å². The minimum Gasteiger partial charge on any atom is -0.467 e. The molecule has 0 aliphatic heterocycles. The molecule has 0 saturated heterocycles. The van der Waals surface area contributed by atoms with Gasteiger partial charge in [-0.3, -0.25) is 0 Å². The molecule has 0 aromatic carbocycles. The molecule has 1 rings (SSSR count). The SMILES string of the molecule is CNc1nc(OC)nc(N(CC#N)CC#N)n1. The van der Waals surface area contributed by atoms with Crippen LogP contribution in [0.2, 0.25) is 0 Å². The predicted octanol–water partition coefficient (Wildman–Crippen LogP) is -0.225. The molecule has 0 atom stereocenters. The van der Waals surface area contributed by atoms with Crippen molar-refractivity contribution in [2.45, 2.75) is 0 Å². The molecule has 0 saturated carbocycles. The molecule has 0 amide bonds. The van der Waals surface area contributed by atoms with E-state index in [0.717, 1.165) is 0 Å². The number of nitrogens with zero attached hydrogens (tertiary/aromatic N) is 6. The summed E-state index contributed by atoms with van der Waals surface area (Å²) in [7, 11) is 3.08. The highest BCUT2D eigenvalue weighted by atomic mass is 16.5. The molecule has 0 unspecified atom stereocenters. The Bertz CT molecular complexity index is 423. The van der Waals surface area contributed by atoms with Crippen molar-refractivity contribution in [1.82, 2.24) is 15.0 Å². The third-order valence-corrected chi connectivity index (χ3v) is 1.82. The minimum absolute atomic E-state index is 0.0177. The van der Waals surface area contributed by atoms with Crippen LogP contribution in [0.25, 0.3) is 0 Å². The van der Waals surface area contributed by atoms with Gasteiger partial charge in [0.25, 0.3) is 0 Å². The smallest absolute Gasteiger partial charge is 0.322 e. The second-order valence-electron chi connectivity index (χ2n) is 2.87. The minimum atomic E-state index is 0.0177. The number of hydrogen-bond donors (Lipinski definition) is 1. The first kappa shape index (κ1) is 12.5. The van der Waals surface area contributed by atoms with Crippen molar-refractivity contribution in [3.63, 3.8) is 0 Å². The van der Waals surface area contributed by atoms with E-state index in [9.17, 15) is 0 Å². The summed E-state index contributed by atoms with van der Waals surface area (Å²) in [5, 5.41) is 20.1. The second-order valence-corrected chi connectivity index (χ2v) is 2.87. The summed E-state index contributed by atoms with van der Waals surface area (Å²) in [5.41, 5.74) is 0. The molecule has 17 heavy (non-hydrogen) atoms. The summed E-state index contributed by atoms with van der Waals surface area (Å²) in [4.78, 5) is 13.4. The molecule has 0 radical (unpaired) electrons. The highest BCUT2D eigenvalue weighted by Gasteiger charge is 2.12. The second kappa shape index (κ2) is 6.08. The Hall–Kier alpha value is -2.61. The van der Waals surface area contributed by atoms with Gasteiger partial charge in [0.15, 0.2) is 0 Å². The Balaban J connectivity index is 3.09. The van der Waals surface area contributed by atoms with Gasteiger partial charge >= 0.3 is 6.01 Å². The first-order valence-corrected chi connectivity index (χ1v) is 4.71. The van der Waals surface area contributed by atoms with Crippen LogP contribution < -0.4 is 15.0 Å². The molecule has 1 heterocycles. The van der Waals surface area contributed by atoms with Crippen molar-refractivity contribution >= 4 is 11.9 Å². The van der Waals surface area contributed by atoms with Gasteiger partial charge in [-0.2, -0.15) is 25.5 Å². The molecule has 1 aromatic heterocycles. The first-order valence-electron chi connectivity index (χ1n) is 4.71. The number of aromatic nitrogens is 3. The van der Waals surface area contributed by atoms with Crippen LogP contribution in [0.1, 0.15) is 0 Å². The molecule has 1 aromatic rings. The standard InChI is InChI=1S/C9H11N7O/c1-12-7-13-8(15-9(14-7)17-2)16(5-3-10)6-4-11/h5-6H2,1-2H3,(H,12,13,14,15). The van der Waals surface area contributed by atoms with Crippen molar-refractivity contribution in [2.75, 3.05) is 37.5 Å². The molecule has 0 fully saturated rings. The van der Waals surface area contributed by atoms with E-state index >= 15 is 0 Å². The molecule has 0 spiro atoms. The van der Waals surface area contributed by atoms with E-state index in [1.165, 1.54) is 12.0 Å². The molecule has 1 N–H and O–H groups in total. The van der Waals surface area contributed by atoms with Crippen LogP contribution in [0.15, 0.2) is 0 Å². The summed E-state index contributed by atoms with van der Waals surface area (Å²) >= 11 is 0. The predicted molar refractivity (Wildman–Crippen MR) is 59.4 cm³/mol. The lowest BCUT2D eigenvalue weighted by atomic mass is 10.5. The average Bonchev–Trinajstić information content (AvgIpc) is 2.37. The van der Waals surface area contributed by atoms with E-state index < -0.39 is 0 Å². The lowest BCUT2D eigenvalue weighted by Crippen LogP contribution is -2.26. The van der Waals surface area contributed by atoms with Crippen molar-refractivity contribution < 1.29 is 4.74 Å². The zero-order valence-electron chi connectivity index (χ0n) is 9.51. The van der Waals surface area contributed by atoms with E-state index in [2.05, 4.69) is 20.3 Å². The van der Waals surface area contributed by atoms with E-state index in [-0.39, 0.29) is 25.0 Å². The summed E-state index contributed by atoms with van der Waals surface area (Å²) < 4.78 is 4.91. The molecule has 88 valence electrons.